The van der Waals surface area contributed by atoms with E-state index in [0.29, 0.717) is 12.1 Å². The molecule has 2 saturated heterocycles. The van der Waals surface area contributed by atoms with Gasteiger partial charge in [0.1, 0.15) is 5.69 Å². The number of piperidine rings is 2. The van der Waals surface area contributed by atoms with Gasteiger partial charge in [-0.25, -0.2) is 0 Å². The minimum Gasteiger partial charge on any atom is -0.300 e. The van der Waals surface area contributed by atoms with Gasteiger partial charge in [0, 0.05) is 29.8 Å². The van der Waals surface area contributed by atoms with E-state index in [0.717, 1.165) is 37.9 Å². The van der Waals surface area contributed by atoms with Crippen molar-refractivity contribution in [2.24, 2.45) is 5.92 Å². The molecular formula is C16H19F3N2O. The summed E-state index contributed by atoms with van der Waals surface area (Å²) in [6.45, 7) is 0. The lowest BCUT2D eigenvalue weighted by molar-refractivity contribution is -0.141. The number of halogens is 3. The van der Waals surface area contributed by atoms with Gasteiger partial charge in [-0.3, -0.25) is 9.78 Å². The second-order valence-corrected chi connectivity index (χ2v) is 6.36. The van der Waals surface area contributed by atoms with Crippen LogP contribution in [0.1, 0.15) is 48.2 Å². The molecule has 2 fully saturated rings. The molecule has 3 nitrogen and oxygen atoms in total. The van der Waals surface area contributed by atoms with Crippen LogP contribution in [-0.4, -0.2) is 34.8 Å². The highest BCUT2D eigenvalue weighted by atomic mass is 19.4. The number of fused-ring (bicyclic) bond motifs is 2. The van der Waals surface area contributed by atoms with Gasteiger partial charge >= 0.3 is 6.18 Å². The normalized spacial score (nSPS) is 29.4. The predicted octanol–water partition coefficient (Wildman–Crippen LogP) is 3.55. The summed E-state index contributed by atoms with van der Waals surface area (Å²) >= 11 is 0. The van der Waals surface area contributed by atoms with Crippen LogP contribution in [-0.2, 0) is 6.18 Å². The Kier molecular flexibility index (Phi) is 3.97. The van der Waals surface area contributed by atoms with Crippen molar-refractivity contribution in [1.82, 2.24) is 9.88 Å². The Bertz CT molecular complexity index is 559. The lowest BCUT2D eigenvalue weighted by Crippen LogP contribution is -2.51. The molecule has 0 spiro atoms. The summed E-state index contributed by atoms with van der Waals surface area (Å²) in [6.07, 6.45) is 1.37. The van der Waals surface area contributed by atoms with E-state index in [1.807, 2.05) is 0 Å². The molecule has 3 heterocycles. The summed E-state index contributed by atoms with van der Waals surface area (Å²) < 4.78 is 38.2. The monoisotopic (exact) mass is 312 g/mol. The number of alkyl halides is 3. The number of hydrogen-bond acceptors (Lipinski definition) is 3. The van der Waals surface area contributed by atoms with E-state index in [1.54, 1.807) is 0 Å². The van der Waals surface area contributed by atoms with Crippen molar-refractivity contribution in [3.63, 3.8) is 0 Å². The Morgan fingerprint density at radius 1 is 1.27 bits per heavy atom. The van der Waals surface area contributed by atoms with Crippen LogP contribution in [0.5, 0.6) is 0 Å². The lowest BCUT2D eigenvalue weighted by Gasteiger charge is -2.46. The molecule has 0 N–H and O–H groups in total. The van der Waals surface area contributed by atoms with Crippen molar-refractivity contribution in [1.29, 1.82) is 0 Å². The zero-order valence-corrected chi connectivity index (χ0v) is 12.4. The molecule has 1 aromatic rings. The van der Waals surface area contributed by atoms with Gasteiger partial charge in [0.15, 0.2) is 5.78 Å². The highest BCUT2D eigenvalue weighted by Crippen LogP contribution is 2.37. The summed E-state index contributed by atoms with van der Waals surface area (Å²) in [5.41, 5.74) is -0.860. The summed E-state index contributed by atoms with van der Waals surface area (Å²) in [5, 5.41) is 0. The molecular weight excluding hydrogens is 293 g/mol. The zero-order chi connectivity index (χ0) is 15.9. The molecule has 0 saturated carbocycles. The second-order valence-electron chi connectivity index (χ2n) is 6.36. The molecule has 22 heavy (non-hydrogen) atoms. The quantitative estimate of drug-likeness (QED) is 0.783. The SMILES string of the molecule is CN1C2CCCC1CC(C(=O)c1ccnc(C(F)(F)F)c1)C2. The maximum absolute atomic E-state index is 12.7. The highest BCUT2D eigenvalue weighted by Gasteiger charge is 2.39. The number of nitrogens with zero attached hydrogens (tertiary/aromatic N) is 2. The predicted molar refractivity (Wildman–Crippen MR) is 75.5 cm³/mol. The molecule has 6 heteroatoms. The average molecular weight is 312 g/mol. The van der Waals surface area contributed by atoms with Gasteiger partial charge in [-0.1, -0.05) is 6.42 Å². The topological polar surface area (TPSA) is 33.2 Å². The molecule has 2 aliphatic heterocycles. The van der Waals surface area contributed by atoms with Crippen LogP contribution in [0.15, 0.2) is 18.3 Å². The van der Waals surface area contributed by atoms with Gasteiger partial charge in [-0.15, -0.1) is 0 Å². The first-order chi connectivity index (χ1) is 10.4. The van der Waals surface area contributed by atoms with Crippen LogP contribution in [0.4, 0.5) is 13.2 Å². The van der Waals surface area contributed by atoms with Crippen LogP contribution in [0.25, 0.3) is 0 Å². The van der Waals surface area contributed by atoms with Crippen LogP contribution in [0.3, 0.4) is 0 Å². The van der Waals surface area contributed by atoms with Gasteiger partial charge in [0.25, 0.3) is 0 Å². The van der Waals surface area contributed by atoms with E-state index < -0.39 is 11.9 Å². The van der Waals surface area contributed by atoms with Crippen molar-refractivity contribution in [2.45, 2.75) is 50.4 Å². The maximum atomic E-state index is 12.7. The Labute approximate surface area is 127 Å². The number of carbonyl (C=O) groups excluding carboxylic acids is 1. The summed E-state index contributed by atoms with van der Waals surface area (Å²) in [4.78, 5) is 18.3. The Morgan fingerprint density at radius 3 is 2.50 bits per heavy atom. The molecule has 0 radical (unpaired) electrons. The summed E-state index contributed by atoms with van der Waals surface area (Å²) in [7, 11) is 2.09. The van der Waals surface area contributed by atoms with E-state index >= 15 is 0 Å². The van der Waals surface area contributed by atoms with E-state index in [4.69, 9.17) is 0 Å². The number of pyridine rings is 1. The van der Waals surface area contributed by atoms with Gasteiger partial charge in [-0.05, 0) is 44.9 Å². The maximum Gasteiger partial charge on any atom is 0.433 e. The standard InChI is InChI=1S/C16H19F3N2O/c1-21-12-3-2-4-13(21)8-11(7-12)15(22)10-5-6-20-14(9-10)16(17,18)19/h5-6,9,11-13H,2-4,7-8H2,1H3. The van der Waals surface area contributed by atoms with Crippen LogP contribution >= 0.6 is 0 Å². The fourth-order valence-electron chi connectivity index (χ4n) is 3.80. The first-order valence-corrected chi connectivity index (χ1v) is 7.65. The van der Waals surface area contributed by atoms with Crippen molar-refractivity contribution < 1.29 is 18.0 Å². The number of hydrogen-bond donors (Lipinski definition) is 0. The molecule has 2 bridgehead atoms. The summed E-state index contributed by atoms with van der Waals surface area (Å²) in [5.74, 6) is -0.340. The minimum atomic E-state index is -4.51. The number of ketones is 1. The largest absolute Gasteiger partial charge is 0.433 e. The van der Waals surface area contributed by atoms with Crippen LogP contribution < -0.4 is 0 Å². The number of aromatic nitrogens is 1. The molecule has 0 amide bonds. The molecule has 0 aromatic carbocycles. The van der Waals surface area contributed by atoms with Crippen LogP contribution in [0.2, 0.25) is 0 Å². The van der Waals surface area contributed by atoms with Crippen molar-refractivity contribution in [3.8, 4) is 0 Å². The van der Waals surface area contributed by atoms with E-state index in [9.17, 15) is 18.0 Å². The van der Waals surface area contributed by atoms with Crippen molar-refractivity contribution in [2.75, 3.05) is 7.05 Å². The van der Waals surface area contributed by atoms with Gasteiger partial charge in [-0.2, -0.15) is 13.2 Å². The number of rotatable bonds is 2. The van der Waals surface area contributed by atoms with Gasteiger partial charge in [0.05, 0.1) is 0 Å². The van der Waals surface area contributed by atoms with Gasteiger partial charge in [0.2, 0.25) is 0 Å². The van der Waals surface area contributed by atoms with Gasteiger partial charge < -0.3 is 4.90 Å². The Balaban J connectivity index is 1.80. The molecule has 2 atom stereocenters. The first kappa shape index (κ1) is 15.5. The molecule has 1 aromatic heterocycles. The first-order valence-electron chi connectivity index (χ1n) is 7.65. The number of carbonyl (C=O) groups is 1. The van der Waals surface area contributed by atoms with E-state index in [-0.39, 0.29) is 17.3 Å². The van der Waals surface area contributed by atoms with Crippen molar-refractivity contribution in [3.05, 3.63) is 29.6 Å². The smallest absolute Gasteiger partial charge is 0.300 e. The highest BCUT2D eigenvalue weighted by molar-refractivity contribution is 5.98. The average Bonchev–Trinajstić information content (AvgIpc) is 2.45. The molecule has 2 aliphatic rings. The number of Topliss-reactive ketones (excluding diaryl/α,β-unsaturated/α-hetero) is 1. The third kappa shape index (κ3) is 2.89. The minimum absolute atomic E-state index is 0.134. The third-order valence-electron chi connectivity index (χ3n) is 5.05. The Morgan fingerprint density at radius 2 is 1.91 bits per heavy atom. The van der Waals surface area contributed by atoms with E-state index in [2.05, 4.69) is 16.9 Å². The van der Waals surface area contributed by atoms with Crippen molar-refractivity contribution >= 4 is 5.78 Å². The summed E-state index contributed by atoms with van der Waals surface area (Å²) in [6, 6.07) is 3.04. The molecule has 120 valence electrons. The fraction of sp³-hybridized carbons (Fsp3) is 0.625. The third-order valence-corrected chi connectivity index (χ3v) is 5.05. The lowest BCUT2D eigenvalue weighted by atomic mass is 9.76. The fourth-order valence-corrected chi connectivity index (χ4v) is 3.80. The molecule has 0 aliphatic carbocycles. The second kappa shape index (κ2) is 5.65. The Hall–Kier alpha value is -1.43. The van der Waals surface area contributed by atoms with Crippen LogP contribution in [0, 0.1) is 5.92 Å². The molecule has 3 rings (SSSR count). The zero-order valence-electron chi connectivity index (χ0n) is 12.4. The molecule has 2 unspecified atom stereocenters. The van der Waals surface area contributed by atoms with E-state index in [1.165, 1.54) is 12.5 Å².